The van der Waals surface area contributed by atoms with E-state index in [1.54, 1.807) is 54.6 Å². The molecule has 3 aromatic rings. The second-order valence-electron chi connectivity index (χ2n) is 4.85. The van der Waals surface area contributed by atoms with Gasteiger partial charge in [0.05, 0.1) is 5.69 Å². The maximum Gasteiger partial charge on any atom is 0.195 e. The fraction of sp³-hybridized carbons (Fsp3) is 0. The van der Waals surface area contributed by atoms with Crippen molar-refractivity contribution in [3.05, 3.63) is 65.7 Å². The molecule has 0 aliphatic heterocycles. The molecule has 5 N–H and O–H groups in total. The van der Waals surface area contributed by atoms with Crippen LogP contribution in [-0.2, 0) is 0 Å². The van der Waals surface area contributed by atoms with Crippen molar-refractivity contribution in [3.63, 3.8) is 0 Å². The van der Waals surface area contributed by atoms with Gasteiger partial charge in [0.2, 0.25) is 0 Å². The number of nitrogens with two attached hydrogens (primary N) is 2. The zero-order valence-corrected chi connectivity index (χ0v) is 11.2. The highest BCUT2D eigenvalue weighted by molar-refractivity contribution is 6.16. The van der Waals surface area contributed by atoms with Gasteiger partial charge in [-0.2, -0.15) is 0 Å². The monoisotopic (exact) mass is 278 g/mol. The lowest BCUT2D eigenvalue weighted by atomic mass is 9.97. The lowest BCUT2D eigenvalue weighted by Crippen LogP contribution is -2.06. The van der Waals surface area contributed by atoms with Crippen LogP contribution in [0.5, 0.6) is 5.75 Å². The van der Waals surface area contributed by atoms with Crippen molar-refractivity contribution in [1.82, 2.24) is 0 Å². The molecule has 0 spiro atoms. The van der Waals surface area contributed by atoms with Crippen molar-refractivity contribution in [2.24, 2.45) is 0 Å². The summed E-state index contributed by atoms with van der Waals surface area (Å²) in [5.41, 5.74) is 13.6. The van der Waals surface area contributed by atoms with Crippen molar-refractivity contribution in [1.29, 1.82) is 0 Å². The lowest BCUT2D eigenvalue weighted by Gasteiger charge is -2.09. The van der Waals surface area contributed by atoms with E-state index in [2.05, 4.69) is 0 Å². The van der Waals surface area contributed by atoms with E-state index < -0.39 is 0 Å². The Bertz CT molecular complexity index is 839. The van der Waals surface area contributed by atoms with Crippen LogP contribution in [0.3, 0.4) is 0 Å². The van der Waals surface area contributed by atoms with E-state index in [0.717, 1.165) is 0 Å². The van der Waals surface area contributed by atoms with Gasteiger partial charge in [-0.3, -0.25) is 4.79 Å². The van der Waals surface area contributed by atoms with Crippen LogP contribution in [-0.4, -0.2) is 10.9 Å². The molecule has 0 bridgehead atoms. The van der Waals surface area contributed by atoms with Crippen LogP contribution in [0.2, 0.25) is 0 Å². The summed E-state index contributed by atoms with van der Waals surface area (Å²) in [6, 6.07) is 15.1. The van der Waals surface area contributed by atoms with E-state index in [4.69, 9.17) is 11.5 Å². The number of phenols is 1. The Morgan fingerprint density at radius 2 is 1.57 bits per heavy atom. The number of anilines is 2. The van der Waals surface area contributed by atoms with Gasteiger partial charge in [0.25, 0.3) is 0 Å². The van der Waals surface area contributed by atoms with Crippen LogP contribution < -0.4 is 11.5 Å². The van der Waals surface area contributed by atoms with E-state index in [0.29, 0.717) is 33.3 Å². The number of hydrogen-bond donors (Lipinski definition) is 3. The Labute approximate surface area is 121 Å². The van der Waals surface area contributed by atoms with Gasteiger partial charge in [0.1, 0.15) is 5.75 Å². The summed E-state index contributed by atoms with van der Waals surface area (Å²) >= 11 is 0. The molecule has 4 nitrogen and oxygen atoms in total. The maximum absolute atomic E-state index is 12.5. The van der Waals surface area contributed by atoms with Gasteiger partial charge in [-0.25, -0.2) is 0 Å². The molecule has 3 rings (SSSR count). The summed E-state index contributed by atoms with van der Waals surface area (Å²) in [7, 11) is 0. The molecular formula is C17H14N2O2. The quantitative estimate of drug-likeness (QED) is 0.496. The number of nitrogen functional groups attached to an aromatic ring is 2. The first kappa shape index (κ1) is 13.0. The van der Waals surface area contributed by atoms with Gasteiger partial charge in [0.15, 0.2) is 5.78 Å². The van der Waals surface area contributed by atoms with Gasteiger partial charge < -0.3 is 16.6 Å². The Morgan fingerprint density at radius 1 is 0.857 bits per heavy atom. The second kappa shape index (κ2) is 4.83. The van der Waals surface area contributed by atoms with E-state index in [1.807, 2.05) is 0 Å². The minimum absolute atomic E-state index is 0.144. The van der Waals surface area contributed by atoms with Crippen LogP contribution in [0, 0.1) is 0 Å². The van der Waals surface area contributed by atoms with Crippen LogP contribution in [0.15, 0.2) is 54.6 Å². The van der Waals surface area contributed by atoms with E-state index in [1.165, 1.54) is 0 Å². The number of fused-ring (bicyclic) bond motifs is 1. The zero-order valence-electron chi connectivity index (χ0n) is 11.2. The normalized spacial score (nSPS) is 10.7. The first-order chi connectivity index (χ1) is 10.1. The summed E-state index contributed by atoms with van der Waals surface area (Å²) in [5.74, 6) is -0.0246. The predicted octanol–water partition coefficient (Wildman–Crippen LogP) is 2.94. The fourth-order valence-electron chi connectivity index (χ4n) is 2.35. The van der Waals surface area contributed by atoms with Gasteiger partial charge in [-0.05, 0) is 42.5 Å². The molecule has 4 heteroatoms. The number of aromatic hydroxyl groups is 1. The molecule has 3 aromatic carbocycles. The van der Waals surface area contributed by atoms with Gasteiger partial charge in [0, 0.05) is 27.6 Å². The summed E-state index contributed by atoms with van der Waals surface area (Å²) < 4.78 is 0. The van der Waals surface area contributed by atoms with Gasteiger partial charge >= 0.3 is 0 Å². The molecule has 0 unspecified atom stereocenters. The van der Waals surface area contributed by atoms with E-state index in [9.17, 15) is 9.90 Å². The highest BCUT2D eigenvalue weighted by Crippen LogP contribution is 2.31. The van der Waals surface area contributed by atoms with E-state index >= 15 is 0 Å². The average molecular weight is 278 g/mol. The summed E-state index contributed by atoms with van der Waals surface area (Å²) in [4.78, 5) is 12.5. The van der Waals surface area contributed by atoms with Gasteiger partial charge in [-0.1, -0.05) is 12.1 Å². The molecule has 0 aliphatic carbocycles. The summed E-state index contributed by atoms with van der Waals surface area (Å²) in [6.07, 6.45) is 0. The minimum atomic E-state index is -0.169. The van der Waals surface area contributed by atoms with Crippen molar-refractivity contribution < 1.29 is 9.90 Å². The summed E-state index contributed by atoms with van der Waals surface area (Å²) in [5, 5.41) is 11.1. The van der Waals surface area contributed by atoms with Crippen molar-refractivity contribution in [2.45, 2.75) is 0 Å². The largest absolute Gasteiger partial charge is 0.507 e. The number of carbonyl (C=O) groups is 1. The smallest absolute Gasteiger partial charge is 0.195 e. The van der Waals surface area contributed by atoms with Gasteiger partial charge in [-0.15, -0.1) is 0 Å². The maximum atomic E-state index is 12.5. The average Bonchev–Trinajstić information content (AvgIpc) is 2.49. The standard InChI is InChI=1S/C17H14N2O2/c18-11-6-4-10(5-7-11)17(21)14-9-8-12-13(16(14)19)2-1-3-15(12)20/h1-9,20H,18-19H2. The molecule has 0 aromatic heterocycles. The van der Waals surface area contributed by atoms with Crippen LogP contribution in [0.4, 0.5) is 11.4 Å². The third-order valence-electron chi connectivity index (χ3n) is 3.50. The first-order valence-corrected chi connectivity index (χ1v) is 6.48. The topological polar surface area (TPSA) is 89.3 Å². The molecule has 0 saturated carbocycles. The van der Waals surface area contributed by atoms with Crippen molar-refractivity contribution >= 4 is 27.9 Å². The molecule has 0 fully saturated rings. The third kappa shape index (κ3) is 2.17. The lowest BCUT2D eigenvalue weighted by molar-refractivity contribution is 0.103. The molecule has 21 heavy (non-hydrogen) atoms. The fourth-order valence-corrected chi connectivity index (χ4v) is 2.35. The molecule has 0 atom stereocenters. The summed E-state index contributed by atoms with van der Waals surface area (Å²) in [6.45, 7) is 0. The van der Waals surface area contributed by atoms with Crippen LogP contribution >= 0.6 is 0 Å². The van der Waals surface area contributed by atoms with Crippen LogP contribution in [0.1, 0.15) is 15.9 Å². The van der Waals surface area contributed by atoms with Crippen molar-refractivity contribution in [3.8, 4) is 5.75 Å². The molecule has 0 amide bonds. The zero-order chi connectivity index (χ0) is 15.0. The Hall–Kier alpha value is -3.01. The molecule has 0 saturated heterocycles. The number of phenolic OH excluding ortho intramolecular Hbond substituents is 1. The SMILES string of the molecule is Nc1ccc(C(=O)c2ccc3c(O)cccc3c2N)cc1. The predicted molar refractivity (Wildman–Crippen MR) is 84.3 cm³/mol. The minimum Gasteiger partial charge on any atom is -0.507 e. The molecule has 0 heterocycles. The Morgan fingerprint density at radius 3 is 2.29 bits per heavy atom. The Kier molecular flexibility index (Phi) is 2.99. The highest BCUT2D eigenvalue weighted by Gasteiger charge is 2.15. The molecule has 0 radical (unpaired) electrons. The number of rotatable bonds is 2. The van der Waals surface area contributed by atoms with Crippen molar-refractivity contribution in [2.75, 3.05) is 11.5 Å². The first-order valence-electron chi connectivity index (χ1n) is 6.48. The molecule has 104 valence electrons. The second-order valence-corrected chi connectivity index (χ2v) is 4.85. The number of benzene rings is 3. The molecular weight excluding hydrogens is 264 g/mol. The number of ketones is 1. The third-order valence-corrected chi connectivity index (χ3v) is 3.50. The molecule has 0 aliphatic rings. The Balaban J connectivity index is 2.15. The number of hydrogen-bond acceptors (Lipinski definition) is 4. The highest BCUT2D eigenvalue weighted by atomic mass is 16.3. The number of carbonyl (C=O) groups excluding carboxylic acids is 1. The van der Waals surface area contributed by atoms with E-state index in [-0.39, 0.29) is 11.5 Å². The van der Waals surface area contributed by atoms with Crippen LogP contribution in [0.25, 0.3) is 10.8 Å².